The van der Waals surface area contributed by atoms with E-state index < -0.39 is 0 Å². The van der Waals surface area contributed by atoms with Gasteiger partial charge in [-0.2, -0.15) is 0 Å². The van der Waals surface area contributed by atoms with Crippen LogP contribution in [0, 0.1) is 0 Å². The number of hydrogen-bond donors (Lipinski definition) is 1. The molecule has 0 bridgehead atoms. The number of carbonyl (C=O) groups excluding carboxylic acids is 1. The smallest absolute Gasteiger partial charge is 0.250 e. The van der Waals surface area contributed by atoms with Crippen molar-refractivity contribution in [2.24, 2.45) is 0 Å². The third-order valence-electron chi connectivity index (χ3n) is 3.85. The average Bonchev–Trinajstić information content (AvgIpc) is 2.97. The van der Waals surface area contributed by atoms with Gasteiger partial charge in [0.1, 0.15) is 6.54 Å². The van der Waals surface area contributed by atoms with E-state index >= 15 is 0 Å². The van der Waals surface area contributed by atoms with Crippen LogP contribution in [-0.4, -0.2) is 33.4 Å². The van der Waals surface area contributed by atoms with Crippen LogP contribution >= 0.6 is 11.3 Å². The summed E-state index contributed by atoms with van der Waals surface area (Å²) >= 11 is 1.42. The molecule has 0 saturated carbocycles. The fraction of sp³-hybridized carbons (Fsp3) is 0.438. The summed E-state index contributed by atoms with van der Waals surface area (Å²) in [7, 11) is 0. The van der Waals surface area contributed by atoms with Crippen molar-refractivity contribution >= 4 is 22.4 Å². The van der Waals surface area contributed by atoms with E-state index in [1.54, 1.807) is 18.3 Å². The van der Waals surface area contributed by atoms with Gasteiger partial charge in [0, 0.05) is 24.2 Å². The molecule has 0 radical (unpaired) electrons. The Balaban J connectivity index is 1.55. The first-order valence-electron chi connectivity index (χ1n) is 7.83. The minimum atomic E-state index is -0.239. The van der Waals surface area contributed by atoms with E-state index in [-0.39, 0.29) is 18.0 Å². The SMILES string of the molecule is O=C(Cn1ccccc1=O)Nc1nc(CN2CCCCC2)cs1. The number of amides is 1. The number of anilines is 1. The van der Waals surface area contributed by atoms with E-state index in [0.29, 0.717) is 5.13 Å². The maximum Gasteiger partial charge on any atom is 0.250 e. The van der Waals surface area contributed by atoms with Crippen LogP contribution in [0.25, 0.3) is 0 Å². The number of hydrogen-bond acceptors (Lipinski definition) is 5. The Labute approximate surface area is 138 Å². The lowest BCUT2D eigenvalue weighted by Crippen LogP contribution is -2.29. The second kappa shape index (κ2) is 7.52. The van der Waals surface area contributed by atoms with Crippen LogP contribution in [0.5, 0.6) is 0 Å². The highest BCUT2D eigenvalue weighted by Crippen LogP contribution is 2.18. The summed E-state index contributed by atoms with van der Waals surface area (Å²) in [6, 6.07) is 4.83. The molecule has 1 amide bonds. The summed E-state index contributed by atoms with van der Waals surface area (Å²) in [5, 5.41) is 5.34. The number of aromatic nitrogens is 2. The van der Waals surface area contributed by atoms with Gasteiger partial charge in [-0.1, -0.05) is 12.5 Å². The summed E-state index contributed by atoms with van der Waals surface area (Å²) < 4.78 is 1.37. The largest absolute Gasteiger partial charge is 0.306 e. The molecule has 3 rings (SSSR count). The van der Waals surface area contributed by atoms with Gasteiger partial charge < -0.3 is 9.88 Å². The van der Waals surface area contributed by atoms with Crippen molar-refractivity contribution in [1.29, 1.82) is 0 Å². The van der Waals surface area contributed by atoms with E-state index in [4.69, 9.17) is 0 Å². The average molecular weight is 332 g/mol. The summed E-state index contributed by atoms with van der Waals surface area (Å²) in [5.74, 6) is -0.239. The van der Waals surface area contributed by atoms with Crippen molar-refractivity contribution in [1.82, 2.24) is 14.5 Å². The molecule has 23 heavy (non-hydrogen) atoms. The third-order valence-corrected chi connectivity index (χ3v) is 4.65. The van der Waals surface area contributed by atoms with Gasteiger partial charge in [-0.3, -0.25) is 14.5 Å². The quantitative estimate of drug-likeness (QED) is 0.908. The molecule has 0 atom stereocenters. The minimum Gasteiger partial charge on any atom is -0.306 e. The highest BCUT2D eigenvalue weighted by Gasteiger charge is 2.13. The van der Waals surface area contributed by atoms with Crippen molar-refractivity contribution in [3.05, 3.63) is 45.8 Å². The molecule has 7 heteroatoms. The molecule has 3 heterocycles. The van der Waals surface area contributed by atoms with Crippen LogP contribution < -0.4 is 10.9 Å². The van der Waals surface area contributed by atoms with Gasteiger partial charge in [-0.25, -0.2) is 4.98 Å². The van der Waals surface area contributed by atoms with Crippen LogP contribution in [0.3, 0.4) is 0 Å². The zero-order chi connectivity index (χ0) is 16.1. The van der Waals surface area contributed by atoms with Crippen molar-refractivity contribution < 1.29 is 4.79 Å². The number of rotatable bonds is 5. The second-order valence-corrected chi connectivity index (χ2v) is 6.55. The Morgan fingerprint density at radius 2 is 2.09 bits per heavy atom. The van der Waals surface area contributed by atoms with E-state index in [2.05, 4.69) is 15.2 Å². The molecule has 0 aromatic carbocycles. The molecule has 0 unspecified atom stereocenters. The molecule has 0 aliphatic carbocycles. The molecule has 2 aromatic rings. The summed E-state index contributed by atoms with van der Waals surface area (Å²) in [5.41, 5.74) is 0.802. The molecule has 1 aliphatic rings. The highest BCUT2D eigenvalue weighted by atomic mass is 32.1. The lowest BCUT2D eigenvalue weighted by Gasteiger charge is -2.25. The maximum atomic E-state index is 12.0. The molecule has 122 valence electrons. The van der Waals surface area contributed by atoms with Crippen molar-refractivity contribution in [3.8, 4) is 0 Å². The first kappa shape index (κ1) is 15.9. The van der Waals surface area contributed by atoms with Crippen molar-refractivity contribution in [2.75, 3.05) is 18.4 Å². The van der Waals surface area contributed by atoms with E-state index in [1.165, 1.54) is 41.2 Å². The molecule has 6 nitrogen and oxygen atoms in total. The van der Waals surface area contributed by atoms with E-state index in [1.807, 2.05) is 5.38 Å². The number of carbonyl (C=O) groups is 1. The third kappa shape index (κ3) is 4.49. The zero-order valence-electron chi connectivity index (χ0n) is 12.9. The lowest BCUT2D eigenvalue weighted by molar-refractivity contribution is -0.116. The molecule has 1 N–H and O–H groups in total. The van der Waals surface area contributed by atoms with Crippen molar-refractivity contribution in [3.63, 3.8) is 0 Å². The fourth-order valence-corrected chi connectivity index (χ4v) is 3.41. The Hall–Kier alpha value is -1.99. The molecule has 1 fully saturated rings. The molecular weight excluding hydrogens is 312 g/mol. The Kier molecular flexibility index (Phi) is 5.19. The Morgan fingerprint density at radius 3 is 2.87 bits per heavy atom. The monoisotopic (exact) mass is 332 g/mol. The number of nitrogens with zero attached hydrogens (tertiary/aromatic N) is 3. The molecular formula is C16H20N4O2S. The van der Waals surface area contributed by atoms with E-state index in [9.17, 15) is 9.59 Å². The first-order chi connectivity index (χ1) is 11.2. The standard InChI is InChI=1S/C16H20N4O2S/c21-14(11-20-9-5-2-6-15(20)22)18-16-17-13(12-23-16)10-19-7-3-1-4-8-19/h2,5-6,9,12H,1,3-4,7-8,10-11H2,(H,17,18,21). The van der Waals surface area contributed by atoms with Crippen molar-refractivity contribution in [2.45, 2.75) is 32.4 Å². The number of likely N-dealkylation sites (tertiary alicyclic amines) is 1. The Bertz CT molecular complexity index is 719. The molecule has 1 aliphatic heterocycles. The summed E-state index contributed by atoms with van der Waals surface area (Å²) in [4.78, 5) is 30.5. The minimum absolute atomic E-state index is 0.000706. The first-order valence-corrected chi connectivity index (χ1v) is 8.71. The predicted octanol–water partition coefficient (Wildman–Crippen LogP) is 1.93. The Morgan fingerprint density at radius 1 is 1.26 bits per heavy atom. The van der Waals surface area contributed by atoms with Gasteiger partial charge in [-0.05, 0) is 32.0 Å². The lowest BCUT2D eigenvalue weighted by atomic mass is 10.1. The van der Waals surface area contributed by atoms with Gasteiger partial charge in [0.2, 0.25) is 5.91 Å². The molecule has 2 aromatic heterocycles. The number of piperidine rings is 1. The topological polar surface area (TPSA) is 67.2 Å². The van der Waals surface area contributed by atoms with Gasteiger partial charge in [0.15, 0.2) is 5.13 Å². The highest BCUT2D eigenvalue weighted by molar-refractivity contribution is 7.13. The van der Waals surface area contributed by atoms with Gasteiger partial charge in [0.05, 0.1) is 5.69 Å². The van der Waals surface area contributed by atoms with Crippen LogP contribution in [0.1, 0.15) is 25.0 Å². The number of nitrogens with one attached hydrogen (secondary N) is 1. The fourth-order valence-electron chi connectivity index (χ4n) is 2.69. The van der Waals surface area contributed by atoms with Crippen LogP contribution in [0.4, 0.5) is 5.13 Å². The second-order valence-electron chi connectivity index (χ2n) is 5.70. The summed E-state index contributed by atoms with van der Waals surface area (Å²) in [6.45, 7) is 3.08. The van der Waals surface area contributed by atoms with Crippen LogP contribution in [0.15, 0.2) is 34.6 Å². The van der Waals surface area contributed by atoms with E-state index in [0.717, 1.165) is 25.3 Å². The molecule has 0 spiro atoms. The maximum absolute atomic E-state index is 12.0. The van der Waals surface area contributed by atoms with Crippen LogP contribution in [-0.2, 0) is 17.9 Å². The number of thiazole rings is 1. The summed E-state index contributed by atoms with van der Waals surface area (Å²) in [6.07, 6.45) is 5.42. The van der Waals surface area contributed by atoms with Crippen LogP contribution in [0.2, 0.25) is 0 Å². The van der Waals surface area contributed by atoms with Gasteiger partial charge >= 0.3 is 0 Å². The predicted molar refractivity (Wildman–Crippen MR) is 90.6 cm³/mol. The normalized spacial score (nSPS) is 15.5. The van der Waals surface area contributed by atoms with Gasteiger partial charge in [0.25, 0.3) is 5.56 Å². The molecule has 1 saturated heterocycles. The van der Waals surface area contributed by atoms with Gasteiger partial charge in [-0.15, -0.1) is 11.3 Å². The zero-order valence-corrected chi connectivity index (χ0v) is 13.7. The number of pyridine rings is 1.